The van der Waals surface area contributed by atoms with Crippen LogP contribution in [-0.2, 0) is 13.0 Å². The number of furan rings is 1. The Labute approximate surface area is 123 Å². The molecule has 1 aromatic carbocycles. The first-order chi connectivity index (χ1) is 10.3. The summed E-state index contributed by atoms with van der Waals surface area (Å²) in [7, 11) is 0. The molecule has 3 rings (SSSR count). The van der Waals surface area contributed by atoms with Crippen molar-refractivity contribution in [2.75, 3.05) is 0 Å². The van der Waals surface area contributed by atoms with Crippen LogP contribution in [0.25, 0.3) is 5.69 Å². The van der Waals surface area contributed by atoms with Gasteiger partial charge in [-0.1, -0.05) is 18.2 Å². The fourth-order valence-electron chi connectivity index (χ4n) is 2.14. The molecule has 5 heteroatoms. The van der Waals surface area contributed by atoms with E-state index in [2.05, 4.69) is 22.4 Å². The van der Waals surface area contributed by atoms with E-state index >= 15 is 0 Å². The second-order valence-electron chi connectivity index (χ2n) is 5.03. The molecule has 0 aliphatic heterocycles. The number of hydrogen-bond acceptors (Lipinski definition) is 4. The van der Waals surface area contributed by atoms with E-state index in [9.17, 15) is 0 Å². The van der Waals surface area contributed by atoms with Crippen LogP contribution in [0.3, 0.4) is 0 Å². The quantitative estimate of drug-likeness (QED) is 0.755. The van der Waals surface area contributed by atoms with Gasteiger partial charge in [0.2, 0.25) is 0 Å². The third-order valence-electron chi connectivity index (χ3n) is 3.25. The summed E-state index contributed by atoms with van der Waals surface area (Å²) in [6, 6.07) is 14.1. The SMILES string of the molecule is CC(Cc1ccco1)NCc1cnn(-c2ccccc2)n1. The molecular weight excluding hydrogens is 264 g/mol. The number of hydrogen-bond donors (Lipinski definition) is 1. The second-order valence-corrected chi connectivity index (χ2v) is 5.03. The first-order valence-electron chi connectivity index (χ1n) is 7.03. The van der Waals surface area contributed by atoms with Gasteiger partial charge in [0.1, 0.15) is 5.76 Å². The lowest BCUT2D eigenvalue weighted by Crippen LogP contribution is -2.27. The molecule has 1 unspecified atom stereocenters. The number of benzene rings is 1. The van der Waals surface area contributed by atoms with E-state index in [0.29, 0.717) is 12.6 Å². The zero-order chi connectivity index (χ0) is 14.5. The van der Waals surface area contributed by atoms with Gasteiger partial charge in [0.15, 0.2) is 0 Å². The lowest BCUT2D eigenvalue weighted by molar-refractivity contribution is 0.454. The highest BCUT2D eigenvalue weighted by molar-refractivity contribution is 5.28. The minimum atomic E-state index is 0.318. The van der Waals surface area contributed by atoms with Crippen LogP contribution in [0.4, 0.5) is 0 Å². The number of nitrogens with one attached hydrogen (secondary N) is 1. The lowest BCUT2D eigenvalue weighted by atomic mass is 10.2. The molecule has 0 amide bonds. The number of para-hydroxylation sites is 1. The van der Waals surface area contributed by atoms with E-state index < -0.39 is 0 Å². The summed E-state index contributed by atoms with van der Waals surface area (Å²) in [4.78, 5) is 1.65. The maximum Gasteiger partial charge on any atom is 0.105 e. The maximum atomic E-state index is 5.35. The summed E-state index contributed by atoms with van der Waals surface area (Å²) in [5.74, 6) is 0.989. The summed E-state index contributed by atoms with van der Waals surface area (Å²) in [6.45, 7) is 2.82. The van der Waals surface area contributed by atoms with Crippen molar-refractivity contribution >= 4 is 0 Å². The molecule has 2 aromatic heterocycles. The zero-order valence-corrected chi connectivity index (χ0v) is 11.9. The van der Waals surface area contributed by atoms with Crippen molar-refractivity contribution < 1.29 is 4.42 Å². The van der Waals surface area contributed by atoms with Crippen LogP contribution in [0.5, 0.6) is 0 Å². The van der Waals surface area contributed by atoms with Crippen LogP contribution in [0.1, 0.15) is 18.4 Å². The van der Waals surface area contributed by atoms with Crippen LogP contribution in [-0.4, -0.2) is 21.0 Å². The number of nitrogens with zero attached hydrogens (tertiary/aromatic N) is 3. The summed E-state index contributed by atoms with van der Waals surface area (Å²) in [6.07, 6.45) is 4.35. The Morgan fingerprint density at radius 3 is 2.81 bits per heavy atom. The van der Waals surface area contributed by atoms with Crippen molar-refractivity contribution in [1.29, 1.82) is 0 Å². The third kappa shape index (κ3) is 3.58. The fraction of sp³-hybridized carbons (Fsp3) is 0.250. The van der Waals surface area contributed by atoms with E-state index in [-0.39, 0.29) is 0 Å². The van der Waals surface area contributed by atoms with Gasteiger partial charge >= 0.3 is 0 Å². The van der Waals surface area contributed by atoms with E-state index in [0.717, 1.165) is 23.6 Å². The second kappa shape index (κ2) is 6.37. The van der Waals surface area contributed by atoms with Crippen molar-refractivity contribution in [2.45, 2.75) is 25.9 Å². The lowest BCUT2D eigenvalue weighted by Gasteiger charge is -2.10. The predicted octanol–water partition coefficient (Wildman–Crippen LogP) is 2.58. The van der Waals surface area contributed by atoms with Crippen LogP contribution in [0, 0.1) is 0 Å². The maximum absolute atomic E-state index is 5.35. The predicted molar refractivity (Wildman–Crippen MR) is 80.1 cm³/mol. The topological polar surface area (TPSA) is 55.9 Å². The number of aromatic nitrogens is 3. The smallest absolute Gasteiger partial charge is 0.105 e. The van der Waals surface area contributed by atoms with Gasteiger partial charge < -0.3 is 9.73 Å². The Hall–Kier alpha value is -2.40. The highest BCUT2D eigenvalue weighted by Gasteiger charge is 2.07. The molecule has 0 spiro atoms. The molecule has 21 heavy (non-hydrogen) atoms. The summed E-state index contributed by atoms with van der Waals surface area (Å²) in [5, 5.41) is 12.2. The molecule has 0 bridgehead atoms. The van der Waals surface area contributed by atoms with Gasteiger partial charge in [-0.05, 0) is 31.2 Å². The summed E-state index contributed by atoms with van der Waals surface area (Å²) >= 11 is 0. The van der Waals surface area contributed by atoms with E-state index in [1.807, 2.05) is 42.5 Å². The molecule has 0 saturated carbocycles. The van der Waals surface area contributed by atoms with Crippen LogP contribution in [0.2, 0.25) is 0 Å². The molecule has 108 valence electrons. The largest absolute Gasteiger partial charge is 0.469 e. The molecule has 0 saturated heterocycles. The molecule has 1 atom stereocenters. The standard InChI is InChI=1S/C16H18N4O/c1-13(10-16-8-5-9-21-16)17-11-14-12-18-20(19-14)15-6-3-2-4-7-15/h2-9,12-13,17H,10-11H2,1H3. The van der Waals surface area contributed by atoms with Gasteiger partial charge in [-0.3, -0.25) is 0 Å². The summed E-state index contributed by atoms with van der Waals surface area (Å²) in [5.41, 5.74) is 1.89. The Morgan fingerprint density at radius 1 is 1.19 bits per heavy atom. The van der Waals surface area contributed by atoms with Crippen molar-refractivity contribution in [3.63, 3.8) is 0 Å². The molecule has 2 heterocycles. The van der Waals surface area contributed by atoms with Crippen LogP contribution in [0.15, 0.2) is 59.3 Å². The molecule has 0 fully saturated rings. The van der Waals surface area contributed by atoms with Crippen molar-refractivity contribution in [1.82, 2.24) is 20.3 Å². The fourth-order valence-corrected chi connectivity index (χ4v) is 2.14. The van der Waals surface area contributed by atoms with E-state index in [4.69, 9.17) is 4.42 Å². The summed E-state index contributed by atoms with van der Waals surface area (Å²) < 4.78 is 5.35. The van der Waals surface area contributed by atoms with Gasteiger partial charge in [-0.25, -0.2) is 0 Å². The Balaban J connectivity index is 1.55. The molecule has 0 aliphatic carbocycles. The average molecular weight is 282 g/mol. The van der Waals surface area contributed by atoms with Crippen molar-refractivity contribution in [3.05, 3.63) is 66.4 Å². The van der Waals surface area contributed by atoms with Gasteiger partial charge in [0.05, 0.1) is 23.8 Å². The first kappa shape index (κ1) is 13.6. The monoisotopic (exact) mass is 282 g/mol. The first-order valence-corrected chi connectivity index (χ1v) is 7.03. The van der Waals surface area contributed by atoms with E-state index in [1.165, 1.54) is 0 Å². The normalized spacial score (nSPS) is 12.4. The minimum Gasteiger partial charge on any atom is -0.469 e. The Morgan fingerprint density at radius 2 is 2.05 bits per heavy atom. The molecule has 0 aliphatic rings. The Kier molecular flexibility index (Phi) is 4.12. The molecule has 0 radical (unpaired) electrons. The highest BCUT2D eigenvalue weighted by atomic mass is 16.3. The van der Waals surface area contributed by atoms with E-state index in [1.54, 1.807) is 17.3 Å². The zero-order valence-electron chi connectivity index (χ0n) is 11.9. The van der Waals surface area contributed by atoms with Crippen molar-refractivity contribution in [3.8, 4) is 5.69 Å². The van der Waals surface area contributed by atoms with Crippen LogP contribution < -0.4 is 5.32 Å². The van der Waals surface area contributed by atoms with Gasteiger partial charge in [-0.2, -0.15) is 15.0 Å². The molecule has 5 nitrogen and oxygen atoms in total. The van der Waals surface area contributed by atoms with Gasteiger partial charge in [0, 0.05) is 19.0 Å². The van der Waals surface area contributed by atoms with Crippen LogP contribution >= 0.6 is 0 Å². The van der Waals surface area contributed by atoms with Gasteiger partial charge in [0.25, 0.3) is 0 Å². The van der Waals surface area contributed by atoms with Crippen molar-refractivity contribution in [2.24, 2.45) is 0 Å². The molecule has 3 aromatic rings. The minimum absolute atomic E-state index is 0.318. The van der Waals surface area contributed by atoms with Gasteiger partial charge in [-0.15, -0.1) is 0 Å². The molecule has 1 N–H and O–H groups in total. The average Bonchev–Trinajstić information content (AvgIpc) is 3.17. The number of rotatable bonds is 6. The third-order valence-corrected chi connectivity index (χ3v) is 3.25. The molecular formula is C16H18N4O. The Bertz CT molecular complexity index is 661. The highest BCUT2D eigenvalue weighted by Crippen LogP contribution is 2.06.